The lowest BCUT2D eigenvalue weighted by atomic mass is 9.91. The molecule has 2 saturated heterocycles. The van der Waals surface area contributed by atoms with Gasteiger partial charge in [-0.25, -0.2) is 4.57 Å². The van der Waals surface area contributed by atoms with Crippen LogP contribution in [0, 0.1) is 0 Å². The molecule has 8 nitrogen and oxygen atoms in total. The Morgan fingerprint density at radius 3 is 1.16 bits per heavy atom. The van der Waals surface area contributed by atoms with Crippen molar-refractivity contribution in [2.75, 3.05) is 0 Å². The van der Waals surface area contributed by atoms with Crippen molar-refractivity contribution in [1.29, 1.82) is 0 Å². The number of ether oxygens (including phenoxy) is 4. The van der Waals surface area contributed by atoms with Gasteiger partial charge in [0.15, 0.2) is 5.79 Å². The number of benzene rings is 7. The normalized spacial score (nSPS) is 20.5. The first-order chi connectivity index (χ1) is 31.3. The van der Waals surface area contributed by atoms with E-state index in [0.29, 0.717) is 44.9 Å². The predicted octanol–water partition coefficient (Wildman–Crippen LogP) is 12.1. The predicted molar refractivity (Wildman–Crippen MR) is 252 cm³/mol. The van der Waals surface area contributed by atoms with E-state index in [1.54, 1.807) is 0 Å². The smallest absolute Gasteiger partial charge is 0.397 e. The lowest BCUT2D eigenvalue weighted by molar-refractivity contribution is -0.155. The Labute approximate surface area is 377 Å². The number of rotatable bonds is 16. The minimum atomic E-state index is -4.10. The van der Waals surface area contributed by atoms with Gasteiger partial charge in [-0.05, 0) is 96.5 Å². The average molecular weight is 871 g/mol. The number of fused-ring (bicyclic) bond motifs is 1. The molecule has 0 amide bonds. The maximum Gasteiger partial charge on any atom is 0.397 e. The highest BCUT2D eigenvalue weighted by atomic mass is 31.2. The summed E-state index contributed by atoms with van der Waals surface area (Å²) in [4.78, 5) is 0. The summed E-state index contributed by atoms with van der Waals surface area (Å²) in [7, 11) is -4.10. The van der Waals surface area contributed by atoms with Gasteiger partial charge >= 0.3 is 7.67 Å². The van der Waals surface area contributed by atoms with Gasteiger partial charge < -0.3 is 23.5 Å². The molecule has 7 aromatic rings. The summed E-state index contributed by atoms with van der Waals surface area (Å²) in [5.41, 5.74) is 6.29. The lowest BCUT2D eigenvalue weighted by Gasteiger charge is -2.43. The third-order valence-corrected chi connectivity index (χ3v) is 14.5. The quantitative estimate of drug-likeness (QED) is 0.0890. The molecule has 326 valence electrons. The van der Waals surface area contributed by atoms with Crippen LogP contribution in [0.3, 0.4) is 0 Å². The minimum absolute atomic E-state index is 0.300. The molecule has 4 atom stereocenters. The summed E-state index contributed by atoms with van der Waals surface area (Å²) in [5, 5.41) is 0. The number of nitrogens with zero attached hydrogens (tertiary/aromatic N) is 2. The van der Waals surface area contributed by atoms with Crippen LogP contribution in [0.15, 0.2) is 200 Å². The van der Waals surface area contributed by atoms with Crippen LogP contribution in [-0.2, 0) is 53.2 Å². The molecule has 2 fully saturated rings. The maximum absolute atomic E-state index is 17.2. The van der Waals surface area contributed by atoms with Crippen molar-refractivity contribution >= 4 is 7.67 Å². The highest BCUT2D eigenvalue weighted by Gasteiger charge is 2.60. The molecular formula is C55H55N2O6P. The summed E-state index contributed by atoms with van der Waals surface area (Å²) in [5.74, 6) is 1.11. The van der Waals surface area contributed by atoms with Crippen molar-refractivity contribution < 1.29 is 28.0 Å². The van der Waals surface area contributed by atoms with E-state index in [-0.39, 0.29) is 0 Å². The average Bonchev–Trinajstić information content (AvgIpc) is 3.64. The van der Waals surface area contributed by atoms with Crippen molar-refractivity contribution in [3.63, 3.8) is 0 Å². The molecule has 64 heavy (non-hydrogen) atoms. The largest absolute Gasteiger partial charge is 0.489 e. The van der Waals surface area contributed by atoms with E-state index >= 15 is 4.57 Å². The molecule has 0 aliphatic carbocycles. The van der Waals surface area contributed by atoms with Crippen molar-refractivity contribution in [3.8, 4) is 17.2 Å². The van der Waals surface area contributed by atoms with Gasteiger partial charge in [-0.3, -0.25) is 0 Å². The summed E-state index contributed by atoms with van der Waals surface area (Å²) >= 11 is 0. The van der Waals surface area contributed by atoms with E-state index in [2.05, 4.69) is 106 Å². The van der Waals surface area contributed by atoms with E-state index in [4.69, 9.17) is 23.5 Å². The zero-order valence-electron chi connectivity index (χ0n) is 36.4. The van der Waals surface area contributed by atoms with Crippen molar-refractivity contribution in [1.82, 2.24) is 9.34 Å². The fourth-order valence-electron chi connectivity index (χ4n) is 8.80. The summed E-state index contributed by atoms with van der Waals surface area (Å²) in [6.45, 7) is 5.48. The second-order valence-electron chi connectivity index (χ2n) is 17.0. The zero-order chi connectivity index (χ0) is 43.8. The Hall–Kier alpha value is -5.99. The molecule has 0 N–H and O–H groups in total. The fourth-order valence-corrected chi connectivity index (χ4v) is 11.6. The highest BCUT2D eigenvalue weighted by Crippen LogP contribution is 2.62. The first-order valence-corrected chi connectivity index (χ1v) is 23.6. The molecule has 9 rings (SSSR count). The van der Waals surface area contributed by atoms with Crippen LogP contribution in [0.4, 0.5) is 0 Å². The van der Waals surface area contributed by atoms with Gasteiger partial charge in [-0.15, -0.1) is 0 Å². The topological polar surface area (TPSA) is 69.7 Å². The Balaban J connectivity index is 1.15. The first-order valence-electron chi connectivity index (χ1n) is 22.1. The van der Waals surface area contributed by atoms with E-state index in [9.17, 15) is 0 Å². The lowest BCUT2D eigenvalue weighted by Crippen LogP contribution is -2.48. The number of hydrogen-bond donors (Lipinski definition) is 0. The summed E-state index contributed by atoms with van der Waals surface area (Å²) in [6, 6.07) is 65.9. The van der Waals surface area contributed by atoms with Crippen LogP contribution < -0.4 is 14.0 Å². The Morgan fingerprint density at radius 1 is 0.438 bits per heavy atom. The fraction of sp³-hybridized carbons (Fsp3) is 0.236. The van der Waals surface area contributed by atoms with Gasteiger partial charge in [-0.2, -0.15) is 9.34 Å². The molecule has 0 unspecified atom stereocenters. The van der Waals surface area contributed by atoms with Crippen molar-refractivity contribution in [2.45, 2.75) is 83.1 Å². The number of hydrogen-bond acceptors (Lipinski definition) is 6. The Kier molecular flexibility index (Phi) is 13.4. The van der Waals surface area contributed by atoms with E-state index < -0.39 is 37.7 Å². The van der Waals surface area contributed by atoms with Gasteiger partial charge in [0.1, 0.15) is 42.7 Å². The molecule has 0 bridgehead atoms. The summed E-state index contributed by atoms with van der Waals surface area (Å²) < 4.78 is 55.1. The minimum Gasteiger partial charge on any atom is -0.489 e. The van der Waals surface area contributed by atoms with Gasteiger partial charge in [0.05, 0.1) is 12.1 Å². The van der Waals surface area contributed by atoms with E-state index in [0.717, 1.165) is 44.9 Å². The molecule has 2 aliphatic rings. The molecular weight excluding hydrogens is 816 g/mol. The van der Waals surface area contributed by atoms with Gasteiger partial charge in [0, 0.05) is 13.1 Å². The molecule has 2 heterocycles. The molecule has 0 saturated carbocycles. The van der Waals surface area contributed by atoms with Crippen LogP contribution in [0.1, 0.15) is 47.2 Å². The Morgan fingerprint density at radius 2 is 0.781 bits per heavy atom. The van der Waals surface area contributed by atoms with Crippen molar-refractivity contribution in [2.24, 2.45) is 0 Å². The SMILES string of the molecule is CC1(C)O[C@H]2[C@H](O1)[C@@H](Cc1ccccc1)N(Cc1ccc(OCc3ccccc3)cc1)P(=O)(Oc1ccccc1)N(Cc1ccc(OCc3ccccc3)cc1)[C@@H]2Cc1ccccc1. The zero-order valence-corrected chi connectivity index (χ0v) is 37.3. The molecule has 7 aromatic carbocycles. The molecule has 0 aromatic heterocycles. The van der Waals surface area contributed by atoms with Crippen LogP contribution in [0.2, 0.25) is 0 Å². The number of para-hydroxylation sites is 1. The second kappa shape index (κ2) is 19.8. The van der Waals surface area contributed by atoms with Crippen LogP contribution in [0.25, 0.3) is 0 Å². The maximum atomic E-state index is 17.2. The standard InChI is InChI=1S/C55H55N2O6P/c1-55(2)61-53-51(36-42-18-8-3-9-19-42)56(38-44-28-32-48(33-29-44)59-40-46-22-12-5-13-23-46)64(58,63-50-26-16-7-17-27-50)57(52(54(53)62-55)37-43-20-10-4-11-21-43)39-45-30-34-49(35-31-45)60-41-47-24-14-6-15-25-47/h3-35,51-54H,36-41H2,1-2H3/t51-,52-,53-,54-/m1/s1. The monoisotopic (exact) mass is 870 g/mol. The molecule has 9 heteroatoms. The third-order valence-electron chi connectivity index (χ3n) is 11.9. The summed E-state index contributed by atoms with van der Waals surface area (Å²) in [6.07, 6.45) is 0.121. The second-order valence-corrected chi connectivity index (χ2v) is 19.2. The van der Waals surface area contributed by atoms with Gasteiger partial charge in [0.25, 0.3) is 0 Å². The van der Waals surface area contributed by atoms with Crippen LogP contribution in [-0.4, -0.2) is 39.4 Å². The molecule has 2 aliphatic heterocycles. The van der Waals surface area contributed by atoms with Crippen LogP contribution in [0.5, 0.6) is 17.2 Å². The Bertz CT molecular complexity index is 2410. The third kappa shape index (κ3) is 10.5. The van der Waals surface area contributed by atoms with E-state index in [1.807, 2.05) is 117 Å². The highest BCUT2D eigenvalue weighted by molar-refractivity contribution is 7.54. The van der Waals surface area contributed by atoms with Crippen molar-refractivity contribution in [3.05, 3.63) is 234 Å². The molecule has 0 radical (unpaired) electrons. The first kappa shape index (κ1) is 43.3. The van der Waals surface area contributed by atoms with E-state index in [1.165, 1.54) is 0 Å². The van der Waals surface area contributed by atoms with Crippen LogP contribution >= 0.6 is 7.67 Å². The van der Waals surface area contributed by atoms with Gasteiger partial charge in [0.2, 0.25) is 0 Å². The van der Waals surface area contributed by atoms with Gasteiger partial charge in [-0.1, -0.05) is 164 Å². The molecule has 0 spiro atoms.